The van der Waals surface area contributed by atoms with Crippen molar-refractivity contribution in [2.24, 2.45) is 5.92 Å². The van der Waals surface area contributed by atoms with Gasteiger partial charge in [0.15, 0.2) is 0 Å². The van der Waals surface area contributed by atoms with E-state index in [2.05, 4.69) is 29.8 Å². The zero-order valence-electron chi connectivity index (χ0n) is 12.3. The second kappa shape index (κ2) is 7.20. The van der Waals surface area contributed by atoms with E-state index >= 15 is 0 Å². The van der Waals surface area contributed by atoms with E-state index in [9.17, 15) is 9.59 Å². The molecule has 0 saturated carbocycles. The number of nitrogens with one attached hydrogen (secondary N) is 3. The monoisotopic (exact) mass is 299 g/mol. The quantitative estimate of drug-likeness (QED) is 0.493. The maximum absolute atomic E-state index is 11.6. The lowest BCUT2D eigenvalue weighted by Gasteiger charge is -2.16. The highest BCUT2D eigenvalue weighted by molar-refractivity contribution is 8.00. The molecule has 2 heterocycles. The van der Waals surface area contributed by atoms with Crippen molar-refractivity contribution in [3.05, 3.63) is 0 Å². The highest BCUT2D eigenvalue weighted by atomic mass is 32.2. The van der Waals surface area contributed by atoms with Gasteiger partial charge in [0.1, 0.15) is 0 Å². The molecule has 2 saturated heterocycles. The third-order valence-corrected chi connectivity index (χ3v) is 5.30. The molecular formula is C14H25N3O2S. The average molecular weight is 299 g/mol. The first-order chi connectivity index (χ1) is 9.56. The van der Waals surface area contributed by atoms with Crippen molar-refractivity contribution in [1.29, 1.82) is 0 Å². The van der Waals surface area contributed by atoms with Crippen LogP contribution >= 0.6 is 11.8 Å². The number of hydrogen-bond donors (Lipinski definition) is 3. The van der Waals surface area contributed by atoms with Crippen molar-refractivity contribution in [3.63, 3.8) is 0 Å². The summed E-state index contributed by atoms with van der Waals surface area (Å²) in [5, 5.41) is 9.38. The van der Waals surface area contributed by atoms with Crippen LogP contribution < -0.4 is 16.0 Å². The van der Waals surface area contributed by atoms with Crippen LogP contribution in [0.4, 0.5) is 4.79 Å². The number of amides is 3. The predicted molar refractivity (Wildman–Crippen MR) is 81.8 cm³/mol. The Hall–Kier alpha value is -0.910. The van der Waals surface area contributed by atoms with Crippen molar-refractivity contribution in [2.45, 2.75) is 56.9 Å². The Bertz CT molecular complexity index is 362. The van der Waals surface area contributed by atoms with Crippen LogP contribution in [-0.4, -0.2) is 41.6 Å². The summed E-state index contributed by atoms with van der Waals surface area (Å²) in [6.45, 7) is 4.95. The number of urea groups is 1. The number of thioether (sulfide) groups is 1. The minimum Gasteiger partial charge on any atom is -0.356 e. The Morgan fingerprint density at radius 1 is 1.40 bits per heavy atom. The van der Waals surface area contributed by atoms with Crippen LogP contribution in [0.25, 0.3) is 0 Å². The Morgan fingerprint density at radius 3 is 2.95 bits per heavy atom. The van der Waals surface area contributed by atoms with Gasteiger partial charge in [-0.1, -0.05) is 20.3 Å². The third-order valence-electron chi connectivity index (χ3n) is 3.79. The average Bonchev–Trinajstić information content (AvgIpc) is 2.92. The molecule has 114 valence electrons. The van der Waals surface area contributed by atoms with E-state index in [4.69, 9.17) is 0 Å². The molecule has 0 radical (unpaired) electrons. The minimum absolute atomic E-state index is 0.0293. The summed E-state index contributed by atoms with van der Waals surface area (Å²) >= 11 is 1.93. The molecule has 0 aliphatic carbocycles. The third kappa shape index (κ3) is 4.30. The molecule has 20 heavy (non-hydrogen) atoms. The maximum atomic E-state index is 11.6. The van der Waals surface area contributed by atoms with E-state index in [1.807, 2.05) is 11.8 Å². The first kappa shape index (κ1) is 15.5. The highest BCUT2D eigenvalue weighted by Gasteiger charge is 2.42. The molecule has 2 aliphatic heterocycles. The number of unbranched alkanes of at least 4 members (excludes halogenated alkanes) is 1. The molecule has 2 rings (SSSR count). The Balaban J connectivity index is 1.57. The normalized spacial score (nSPS) is 28.1. The van der Waals surface area contributed by atoms with E-state index in [0.717, 1.165) is 31.6 Å². The van der Waals surface area contributed by atoms with Gasteiger partial charge in [0.2, 0.25) is 5.91 Å². The van der Waals surface area contributed by atoms with Gasteiger partial charge in [-0.2, -0.15) is 11.8 Å². The van der Waals surface area contributed by atoms with Gasteiger partial charge in [0.05, 0.1) is 12.1 Å². The lowest BCUT2D eigenvalue weighted by Crippen LogP contribution is -2.36. The Labute approximate surface area is 125 Å². The topological polar surface area (TPSA) is 70.2 Å². The summed E-state index contributed by atoms with van der Waals surface area (Å²) in [6.07, 6.45) is 3.67. The fourth-order valence-corrected chi connectivity index (χ4v) is 4.22. The van der Waals surface area contributed by atoms with Crippen LogP contribution in [0.3, 0.4) is 0 Å². The van der Waals surface area contributed by atoms with Gasteiger partial charge in [-0.3, -0.25) is 4.79 Å². The van der Waals surface area contributed by atoms with Crippen LogP contribution in [0.15, 0.2) is 0 Å². The SMILES string of the molecule is CC(C)CNC(=O)CCCC[C@@H]1SCC2NC(=O)NC21. The zero-order valence-corrected chi connectivity index (χ0v) is 13.1. The van der Waals surface area contributed by atoms with Crippen LogP contribution in [0.2, 0.25) is 0 Å². The first-order valence-electron chi connectivity index (χ1n) is 7.51. The summed E-state index contributed by atoms with van der Waals surface area (Å²) < 4.78 is 0. The molecule has 5 nitrogen and oxygen atoms in total. The van der Waals surface area contributed by atoms with E-state index in [1.165, 1.54) is 0 Å². The fourth-order valence-electron chi connectivity index (χ4n) is 2.68. The molecule has 3 N–H and O–H groups in total. The summed E-state index contributed by atoms with van der Waals surface area (Å²) in [6, 6.07) is 0.549. The van der Waals surface area contributed by atoms with Gasteiger partial charge in [0, 0.05) is 24.0 Å². The van der Waals surface area contributed by atoms with Crippen molar-refractivity contribution in [3.8, 4) is 0 Å². The second-order valence-corrected chi connectivity index (χ2v) is 7.34. The zero-order chi connectivity index (χ0) is 14.5. The van der Waals surface area contributed by atoms with Crippen molar-refractivity contribution in [1.82, 2.24) is 16.0 Å². The molecule has 3 atom stereocenters. The fraction of sp³-hybridized carbons (Fsp3) is 0.857. The largest absolute Gasteiger partial charge is 0.356 e. The predicted octanol–water partition coefficient (Wildman–Crippen LogP) is 1.48. The number of hydrogen-bond acceptors (Lipinski definition) is 3. The lowest BCUT2D eigenvalue weighted by molar-refractivity contribution is -0.121. The van der Waals surface area contributed by atoms with Gasteiger partial charge in [-0.05, 0) is 18.8 Å². The molecule has 0 spiro atoms. The van der Waals surface area contributed by atoms with Crippen LogP contribution in [-0.2, 0) is 4.79 Å². The number of carbonyl (C=O) groups is 2. The van der Waals surface area contributed by atoms with Crippen LogP contribution in [0.1, 0.15) is 39.5 Å². The second-order valence-electron chi connectivity index (χ2n) is 6.07. The smallest absolute Gasteiger partial charge is 0.315 e. The number of carbonyl (C=O) groups excluding carboxylic acids is 2. The molecular weight excluding hydrogens is 274 g/mol. The summed E-state index contributed by atoms with van der Waals surface area (Å²) in [4.78, 5) is 22.8. The van der Waals surface area contributed by atoms with Gasteiger partial charge in [-0.15, -0.1) is 0 Å². The summed E-state index contributed by atoms with van der Waals surface area (Å²) in [5.74, 6) is 1.67. The molecule has 2 unspecified atom stereocenters. The van der Waals surface area contributed by atoms with Crippen molar-refractivity contribution in [2.75, 3.05) is 12.3 Å². The van der Waals surface area contributed by atoms with E-state index < -0.39 is 0 Å². The summed E-state index contributed by atoms with van der Waals surface area (Å²) in [7, 11) is 0. The van der Waals surface area contributed by atoms with Crippen molar-refractivity contribution < 1.29 is 9.59 Å². The highest BCUT2D eigenvalue weighted by Crippen LogP contribution is 2.33. The summed E-state index contributed by atoms with van der Waals surface area (Å²) in [5.41, 5.74) is 0. The maximum Gasteiger partial charge on any atom is 0.315 e. The molecule has 3 amide bonds. The standard InChI is InChI=1S/C14H25N3O2S/c1-9(2)7-15-12(18)6-4-3-5-11-13-10(8-20-11)16-14(19)17-13/h9-11,13H,3-8H2,1-2H3,(H,15,18)(H2,16,17,19)/t10?,11-,13?/m0/s1. The Kier molecular flexibility index (Phi) is 5.57. The number of rotatable bonds is 7. The number of fused-ring (bicyclic) bond motifs is 1. The van der Waals surface area contributed by atoms with E-state index in [0.29, 0.717) is 23.6 Å². The van der Waals surface area contributed by atoms with Gasteiger partial charge < -0.3 is 16.0 Å². The first-order valence-corrected chi connectivity index (χ1v) is 8.56. The van der Waals surface area contributed by atoms with Gasteiger partial charge in [-0.25, -0.2) is 4.79 Å². The van der Waals surface area contributed by atoms with E-state index in [-0.39, 0.29) is 18.0 Å². The van der Waals surface area contributed by atoms with Crippen LogP contribution in [0, 0.1) is 5.92 Å². The minimum atomic E-state index is -0.0293. The molecule has 0 aromatic carbocycles. The molecule has 2 aliphatic rings. The molecule has 6 heteroatoms. The molecule has 2 fully saturated rings. The Morgan fingerprint density at radius 2 is 2.20 bits per heavy atom. The molecule has 0 bridgehead atoms. The van der Waals surface area contributed by atoms with Gasteiger partial charge >= 0.3 is 6.03 Å². The molecule has 0 aromatic heterocycles. The molecule has 0 aromatic rings. The van der Waals surface area contributed by atoms with E-state index in [1.54, 1.807) is 0 Å². The van der Waals surface area contributed by atoms with Crippen molar-refractivity contribution >= 4 is 23.7 Å². The van der Waals surface area contributed by atoms with Gasteiger partial charge in [0.25, 0.3) is 0 Å². The lowest BCUT2D eigenvalue weighted by atomic mass is 10.0. The van der Waals surface area contributed by atoms with Crippen LogP contribution in [0.5, 0.6) is 0 Å².